The molecule has 160 valence electrons. The Hall–Kier alpha value is -3.39. The van der Waals surface area contributed by atoms with Gasteiger partial charge in [-0.05, 0) is 39.0 Å². The predicted octanol–water partition coefficient (Wildman–Crippen LogP) is 2.79. The lowest BCUT2D eigenvalue weighted by molar-refractivity contribution is -0.139. The molecule has 0 unspecified atom stereocenters. The summed E-state index contributed by atoms with van der Waals surface area (Å²) in [7, 11) is 0. The van der Waals surface area contributed by atoms with Crippen LogP contribution in [0.4, 0.5) is 0 Å². The molecule has 0 amide bonds. The van der Waals surface area contributed by atoms with Crippen molar-refractivity contribution in [3.8, 4) is 5.75 Å². The van der Waals surface area contributed by atoms with E-state index in [1.54, 1.807) is 38.3 Å². The van der Waals surface area contributed by atoms with Crippen molar-refractivity contribution < 1.29 is 18.7 Å². The number of carbonyl (C=O) groups excluding carboxylic acids is 1. The van der Waals surface area contributed by atoms with Crippen LogP contribution in [0, 0.1) is 0 Å². The van der Waals surface area contributed by atoms with E-state index in [9.17, 15) is 9.59 Å². The molecule has 4 rings (SSSR count). The number of hydrogen-bond acceptors (Lipinski definition) is 7. The second kappa shape index (κ2) is 8.77. The van der Waals surface area contributed by atoms with Gasteiger partial charge < -0.3 is 13.9 Å². The molecule has 0 N–H and O–H groups in total. The minimum atomic E-state index is -0.711. The molecular weight excluding hydrogens is 416 g/mol. The maximum Gasteiger partial charge on any atom is 0.338 e. The number of esters is 1. The van der Waals surface area contributed by atoms with Crippen LogP contribution in [0.25, 0.3) is 6.08 Å². The lowest BCUT2D eigenvalue weighted by atomic mass is 9.95. The summed E-state index contributed by atoms with van der Waals surface area (Å²) in [5.74, 6) is 0.672. The molecule has 1 atom stereocenters. The molecule has 8 heteroatoms. The van der Waals surface area contributed by atoms with Crippen molar-refractivity contribution in [1.29, 1.82) is 0 Å². The molecule has 0 saturated carbocycles. The molecule has 2 aromatic heterocycles. The van der Waals surface area contributed by atoms with E-state index in [1.165, 1.54) is 15.9 Å². The van der Waals surface area contributed by atoms with Gasteiger partial charge in [-0.3, -0.25) is 9.36 Å². The molecule has 1 aliphatic rings. The number of nitrogens with zero attached hydrogens (tertiary/aromatic N) is 2. The van der Waals surface area contributed by atoms with Crippen molar-refractivity contribution in [2.24, 2.45) is 4.99 Å². The van der Waals surface area contributed by atoms with Crippen LogP contribution >= 0.6 is 11.3 Å². The van der Waals surface area contributed by atoms with Gasteiger partial charge in [-0.1, -0.05) is 29.5 Å². The highest BCUT2D eigenvalue weighted by atomic mass is 32.1. The Morgan fingerprint density at radius 2 is 2.03 bits per heavy atom. The fourth-order valence-electron chi connectivity index (χ4n) is 3.58. The van der Waals surface area contributed by atoms with Crippen molar-refractivity contribution in [3.05, 3.63) is 84.9 Å². The molecule has 0 radical (unpaired) electrons. The van der Waals surface area contributed by atoms with Crippen LogP contribution in [0.3, 0.4) is 0 Å². The summed E-state index contributed by atoms with van der Waals surface area (Å²) in [6.07, 6.45) is 3.23. The van der Waals surface area contributed by atoms with Gasteiger partial charge in [0.25, 0.3) is 5.56 Å². The highest BCUT2D eigenvalue weighted by molar-refractivity contribution is 7.07. The number of aromatic nitrogens is 1. The Kier molecular flexibility index (Phi) is 5.90. The van der Waals surface area contributed by atoms with E-state index in [-0.39, 0.29) is 12.2 Å². The average molecular weight is 439 g/mol. The number of para-hydroxylation sites is 1. The molecule has 1 aromatic carbocycles. The minimum absolute atomic E-state index is 0.221. The molecular formula is C23H22N2O5S. The minimum Gasteiger partial charge on any atom is -0.494 e. The van der Waals surface area contributed by atoms with Crippen LogP contribution in [-0.4, -0.2) is 23.8 Å². The summed E-state index contributed by atoms with van der Waals surface area (Å²) in [4.78, 5) is 31.4. The van der Waals surface area contributed by atoms with E-state index < -0.39 is 12.0 Å². The van der Waals surface area contributed by atoms with E-state index in [0.29, 0.717) is 44.3 Å². The van der Waals surface area contributed by atoms with Crippen molar-refractivity contribution >= 4 is 23.4 Å². The molecule has 7 nitrogen and oxygen atoms in total. The second-order valence-electron chi connectivity index (χ2n) is 6.79. The quantitative estimate of drug-likeness (QED) is 0.553. The number of rotatable bonds is 6. The summed E-state index contributed by atoms with van der Waals surface area (Å²) in [6, 6.07) is 10.2. The van der Waals surface area contributed by atoms with Gasteiger partial charge in [-0.2, -0.15) is 0 Å². The highest BCUT2D eigenvalue weighted by Crippen LogP contribution is 2.35. The molecule has 0 saturated heterocycles. The first-order valence-electron chi connectivity index (χ1n) is 10.00. The van der Waals surface area contributed by atoms with E-state index in [0.717, 1.165) is 0 Å². The number of allylic oxidation sites excluding steroid dienone is 1. The van der Waals surface area contributed by atoms with E-state index >= 15 is 0 Å². The van der Waals surface area contributed by atoms with E-state index in [4.69, 9.17) is 13.9 Å². The van der Waals surface area contributed by atoms with Gasteiger partial charge in [0, 0.05) is 11.6 Å². The number of ether oxygens (including phenoxy) is 2. The van der Waals surface area contributed by atoms with Crippen molar-refractivity contribution in [3.63, 3.8) is 0 Å². The number of thiazole rings is 1. The Labute approximate surface area is 182 Å². The molecule has 0 bridgehead atoms. The molecule has 31 heavy (non-hydrogen) atoms. The Morgan fingerprint density at radius 3 is 2.74 bits per heavy atom. The van der Waals surface area contributed by atoms with Crippen LogP contribution < -0.4 is 19.6 Å². The van der Waals surface area contributed by atoms with Crippen LogP contribution in [0.5, 0.6) is 5.75 Å². The van der Waals surface area contributed by atoms with Crippen molar-refractivity contribution in [1.82, 2.24) is 4.57 Å². The lowest BCUT2D eigenvalue weighted by Crippen LogP contribution is -2.40. The first-order valence-corrected chi connectivity index (χ1v) is 10.8. The summed E-state index contributed by atoms with van der Waals surface area (Å²) in [6.45, 7) is 6.06. The highest BCUT2D eigenvalue weighted by Gasteiger charge is 2.35. The summed E-state index contributed by atoms with van der Waals surface area (Å²) < 4.78 is 18.5. The summed E-state index contributed by atoms with van der Waals surface area (Å²) in [5, 5.41) is 0. The van der Waals surface area contributed by atoms with Gasteiger partial charge in [0.05, 0.1) is 35.3 Å². The number of fused-ring (bicyclic) bond motifs is 1. The maximum atomic E-state index is 13.5. The third-order valence-electron chi connectivity index (χ3n) is 4.85. The van der Waals surface area contributed by atoms with Crippen LogP contribution in [-0.2, 0) is 9.53 Å². The fraction of sp³-hybridized carbons (Fsp3) is 0.261. The molecule has 0 fully saturated rings. The van der Waals surface area contributed by atoms with Crippen molar-refractivity contribution in [2.45, 2.75) is 26.8 Å². The SMILES string of the molecule is CCOC(=O)C1=C(C)N=c2s/c(=C\c3ccco3)c(=O)n2[C@@H]1c1ccccc1OCC. The van der Waals surface area contributed by atoms with E-state index in [2.05, 4.69) is 4.99 Å². The zero-order valence-corrected chi connectivity index (χ0v) is 18.3. The lowest BCUT2D eigenvalue weighted by Gasteiger charge is -2.26. The summed E-state index contributed by atoms with van der Waals surface area (Å²) >= 11 is 1.25. The van der Waals surface area contributed by atoms with Crippen LogP contribution in [0.1, 0.15) is 38.1 Å². The third-order valence-corrected chi connectivity index (χ3v) is 5.83. The van der Waals surface area contributed by atoms with Gasteiger partial charge in [-0.15, -0.1) is 0 Å². The maximum absolute atomic E-state index is 13.5. The topological polar surface area (TPSA) is 83.0 Å². The largest absolute Gasteiger partial charge is 0.494 e. The first kappa shape index (κ1) is 20.9. The molecule has 1 aliphatic heterocycles. The number of benzene rings is 1. The van der Waals surface area contributed by atoms with Gasteiger partial charge in [0.1, 0.15) is 17.6 Å². The molecule has 0 aliphatic carbocycles. The molecule has 0 spiro atoms. The predicted molar refractivity (Wildman–Crippen MR) is 117 cm³/mol. The third kappa shape index (κ3) is 3.86. The Bertz CT molecular complexity index is 1310. The monoisotopic (exact) mass is 438 g/mol. The summed E-state index contributed by atoms with van der Waals surface area (Å²) in [5.41, 5.74) is 1.28. The smallest absolute Gasteiger partial charge is 0.338 e. The molecule has 3 aromatic rings. The second-order valence-corrected chi connectivity index (χ2v) is 7.80. The standard InChI is InChI=1S/C23H22N2O5S/c1-4-28-17-11-7-6-10-16(17)20-19(22(27)29-5-2)14(3)24-23-25(20)21(26)18(31-23)13-15-9-8-12-30-15/h6-13,20H,4-5H2,1-3H3/b18-13-/t20-/m1/s1. The number of hydrogen-bond donors (Lipinski definition) is 0. The first-order chi connectivity index (χ1) is 15.0. The Morgan fingerprint density at radius 1 is 1.23 bits per heavy atom. The van der Waals surface area contributed by atoms with Gasteiger partial charge in [0.15, 0.2) is 4.80 Å². The zero-order chi connectivity index (χ0) is 22.0. The number of furan rings is 1. The van der Waals surface area contributed by atoms with Gasteiger partial charge in [0.2, 0.25) is 0 Å². The average Bonchev–Trinajstić information content (AvgIpc) is 3.36. The fourth-order valence-corrected chi connectivity index (χ4v) is 4.61. The zero-order valence-electron chi connectivity index (χ0n) is 17.5. The Balaban J connectivity index is 2.00. The van der Waals surface area contributed by atoms with Gasteiger partial charge in [-0.25, -0.2) is 9.79 Å². The van der Waals surface area contributed by atoms with Crippen LogP contribution in [0.15, 0.2) is 68.1 Å². The van der Waals surface area contributed by atoms with Crippen LogP contribution in [0.2, 0.25) is 0 Å². The van der Waals surface area contributed by atoms with Crippen molar-refractivity contribution in [2.75, 3.05) is 13.2 Å². The normalized spacial score (nSPS) is 16.1. The molecule has 3 heterocycles. The van der Waals surface area contributed by atoms with Gasteiger partial charge >= 0.3 is 5.97 Å². The number of carbonyl (C=O) groups is 1. The van der Waals surface area contributed by atoms with E-state index in [1.807, 2.05) is 31.2 Å².